The average Bonchev–Trinajstić information content (AvgIpc) is 2.66. The number of piperidine rings is 1. The van der Waals surface area contributed by atoms with E-state index in [-0.39, 0.29) is 11.5 Å². The SMILES string of the molecule is CCC1N(C(=O)OC(C)(C)C)CCC12CCCNC2. The predicted octanol–water partition coefficient (Wildman–Crippen LogP) is 2.78. The quantitative estimate of drug-likeness (QED) is 0.795. The van der Waals surface area contributed by atoms with Gasteiger partial charge in [0.25, 0.3) is 0 Å². The summed E-state index contributed by atoms with van der Waals surface area (Å²) >= 11 is 0. The maximum atomic E-state index is 12.3. The summed E-state index contributed by atoms with van der Waals surface area (Å²) in [6.45, 7) is 11.0. The third-order valence-corrected chi connectivity index (χ3v) is 4.45. The molecule has 2 unspecified atom stereocenters. The van der Waals surface area contributed by atoms with Crippen molar-refractivity contribution in [3.05, 3.63) is 0 Å². The summed E-state index contributed by atoms with van der Waals surface area (Å²) in [6.07, 6.45) is 4.44. The van der Waals surface area contributed by atoms with Crippen molar-refractivity contribution in [2.75, 3.05) is 19.6 Å². The number of hydrogen-bond acceptors (Lipinski definition) is 3. The topological polar surface area (TPSA) is 41.6 Å². The highest BCUT2D eigenvalue weighted by Gasteiger charge is 2.49. The van der Waals surface area contributed by atoms with Gasteiger partial charge in [0.2, 0.25) is 0 Å². The summed E-state index contributed by atoms with van der Waals surface area (Å²) in [5.41, 5.74) is -0.125. The van der Waals surface area contributed by atoms with Crippen molar-refractivity contribution in [2.45, 2.75) is 65.0 Å². The van der Waals surface area contributed by atoms with Gasteiger partial charge in [-0.1, -0.05) is 6.92 Å². The Hall–Kier alpha value is -0.770. The highest BCUT2D eigenvalue weighted by atomic mass is 16.6. The van der Waals surface area contributed by atoms with Gasteiger partial charge < -0.3 is 15.0 Å². The molecule has 1 N–H and O–H groups in total. The highest BCUT2D eigenvalue weighted by molar-refractivity contribution is 5.69. The molecule has 1 spiro atoms. The molecule has 2 aliphatic rings. The lowest BCUT2D eigenvalue weighted by Crippen LogP contribution is -2.50. The van der Waals surface area contributed by atoms with Crippen LogP contribution in [0.2, 0.25) is 0 Å². The molecule has 4 nitrogen and oxygen atoms in total. The van der Waals surface area contributed by atoms with E-state index in [4.69, 9.17) is 4.74 Å². The number of nitrogens with zero attached hydrogens (tertiary/aromatic N) is 1. The average molecular weight is 268 g/mol. The Morgan fingerprint density at radius 2 is 2.16 bits per heavy atom. The fourth-order valence-corrected chi connectivity index (χ4v) is 3.68. The molecule has 2 fully saturated rings. The van der Waals surface area contributed by atoms with E-state index in [9.17, 15) is 4.79 Å². The van der Waals surface area contributed by atoms with Gasteiger partial charge in [0.1, 0.15) is 5.60 Å². The summed E-state index contributed by atoms with van der Waals surface area (Å²) in [5.74, 6) is 0. The van der Waals surface area contributed by atoms with Gasteiger partial charge in [-0.15, -0.1) is 0 Å². The van der Waals surface area contributed by atoms with E-state index in [1.54, 1.807) is 0 Å². The molecule has 1 amide bonds. The van der Waals surface area contributed by atoms with Crippen LogP contribution in [0.3, 0.4) is 0 Å². The van der Waals surface area contributed by atoms with Gasteiger partial charge in [-0.25, -0.2) is 4.79 Å². The molecule has 0 bridgehead atoms. The van der Waals surface area contributed by atoms with Crippen molar-refractivity contribution < 1.29 is 9.53 Å². The number of amides is 1. The third-order valence-electron chi connectivity index (χ3n) is 4.45. The molecule has 110 valence electrons. The number of nitrogens with one attached hydrogen (secondary N) is 1. The maximum Gasteiger partial charge on any atom is 0.410 e. The first kappa shape index (κ1) is 14.6. The van der Waals surface area contributed by atoms with E-state index >= 15 is 0 Å². The van der Waals surface area contributed by atoms with E-state index in [1.165, 1.54) is 12.8 Å². The molecule has 0 aromatic carbocycles. The standard InChI is InChI=1S/C15H28N2O2/c1-5-12-15(7-6-9-16-11-15)8-10-17(12)13(18)19-14(2,3)4/h12,16H,5-11H2,1-4H3. The molecule has 0 aromatic heterocycles. The molecular formula is C15H28N2O2. The zero-order valence-corrected chi connectivity index (χ0v) is 12.8. The van der Waals surface area contributed by atoms with Crippen LogP contribution in [-0.4, -0.2) is 42.3 Å². The summed E-state index contributed by atoms with van der Waals surface area (Å²) < 4.78 is 5.55. The number of carbonyl (C=O) groups excluding carboxylic acids is 1. The van der Waals surface area contributed by atoms with E-state index in [2.05, 4.69) is 12.2 Å². The first-order valence-corrected chi connectivity index (χ1v) is 7.58. The second-order valence-electron chi connectivity index (χ2n) is 6.99. The first-order chi connectivity index (χ1) is 8.88. The zero-order valence-electron chi connectivity index (χ0n) is 12.8. The zero-order chi connectivity index (χ0) is 14.1. The molecule has 2 saturated heterocycles. The number of carbonyl (C=O) groups is 1. The Balaban J connectivity index is 2.08. The Bertz CT molecular complexity index is 330. The van der Waals surface area contributed by atoms with Crippen molar-refractivity contribution in [3.63, 3.8) is 0 Å². The van der Waals surface area contributed by atoms with Gasteiger partial charge >= 0.3 is 6.09 Å². The lowest BCUT2D eigenvalue weighted by Gasteiger charge is -2.41. The fraction of sp³-hybridized carbons (Fsp3) is 0.933. The van der Waals surface area contributed by atoms with Gasteiger partial charge in [0, 0.05) is 24.5 Å². The fourth-order valence-electron chi connectivity index (χ4n) is 3.68. The summed E-state index contributed by atoms with van der Waals surface area (Å²) in [7, 11) is 0. The molecule has 2 atom stereocenters. The minimum atomic E-state index is -0.407. The highest BCUT2D eigenvalue weighted by Crippen LogP contribution is 2.43. The molecule has 2 heterocycles. The largest absolute Gasteiger partial charge is 0.444 e. The number of hydrogen-bond donors (Lipinski definition) is 1. The molecule has 0 radical (unpaired) electrons. The lowest BCUT2D eigenvalue weighted by atomic mass is 9.73. The second-order valence-corrected chi connectivity index (χ2v) is 6.99. The van der Waals surface area contributed by atoms with E-state index < -0.39 is 5.60 Å². The Kier molecular flexibility index (Phi) is 4.09. The number of likely N-dealkylation sites (tertiary alicyclic amines) is 1. The van der Waals surface area contributed by atoms with Gasteiger partial charge in [0.15, 0.2) is 0 Å². The minimum absolute atomic E-state index is 0.137. The predicted molar refractivity (Wildman–Crippen MR) is 76.2 cm³/mol. The van der Waals surface area contributed by atoms with Crippen LogP contribution in [0.5, 0.6) is 0 Å². The maximum absolute atomic E-state index is 12.3. The van der Waals surface area contributed by atoms with Gasteiger partial charge in [-0.2, -0.15) is 0 Å². The van der Waals surface area contributed by atoms with Gasteiger partial charge in [0.05, 0.1) is 0 Å². The normalized spacial score (nSPS) is 31.8. The summed E-state index contributed by atoms with van der Waals surface area (Å²) in [5, 5.41) is 3.51. The summed E-state index contributed by atoms with van der Waals surface area (Å²) in [6, 6.07) is 0.329. The van der Waals surface area contributed by atoms with Crippen LogP contribution in [0.15, 0.2) is 0 Å². The molecule has 4 heteroatoms. The van der Waals surface area contributed by atoms with Crippen LogP contribution in [-0.2, 0) is 4.74 Å². The van der Waals surface area contributed by atoms with Gasteiger partial charge in [-0.05, 0) is 53.0 Å². The first-order valence-electron chi connectivity index (χ1n) is 7.58. The van der Waals surface area contributed by atoms with Crippen LogP contribution in [0.1, 0.15) is 53.4 Å². The van der Waals surface area contributed by atoms with Crippen LogP contribution in [0, 0.1) is 5.41 Å². The third kappa shape index (κ3) is 3.04. The Labute approximate surface area is 116 Å². The molecule has 2 aliphatic heterocycles. The summed E-state index contributed by atoms with van der Waals surface area (Å²) in [4.78, 5) is 14.3. The van der Waals surface area contributed by atoms with Crippen molar-refractivity contribution in [1.29, 1.82) is 0 Å². The molecule has 0 aromatic rings. The number of rotatable bonds is 1. The van der Waals surface area contributed by atoms with Crippen LogP contribution in [0.4, 0.5) is 4.79 Å². The van der Waals surface area contributed by atoms with E-state index in [1.807, 2.05) is 25.7 Å². The van der Waals surface area contributed by atoms with Crippen LogP contribution >= 0.6 is 0 Å². The lowest BCUT2D eigenvalue weighted by molar-refractivity contribution is 0.0135. The van der Waals surface area contributed by atoms with Crippen molar-refractivity contribution in [1.82, 2.24) is 10.2 Å². The number of ether oxygens (including phenoxy) is 1. The van der Waals surface area contributed by atoms with Gasteiger partial charge in [-0.3, -0.25) is 0 Å². The van der Waals surface area contributed by atoms with Crippen molar-refractivity contribution in [2.24, 2.45) is 5.41 Å². The Morgan fingerprint density at radius 1 is 1.42 bits per heavy atom. The minimum Gasteiger partial charge on any atom is -0.444 e. The molecule has 2 rings (SSSR count). The van der Waals surface area contributed by atoms with E-state index in [0.29, 0.717) is 6.04 Å². The molecular weight excluding hydrogens is 240 g/mol. The molecule has 19 heavy (non-hydrogen) atoms. The van der Waals surface area contributed by atoms with Crippen molar-refractivity contribution in [3.8, 4) is 0 Å². The monoisotopic (exact) mass is 268 g/mol. The Morgan fingerprint density at radius 3 is 2.68 bits per heavy atom. The smallest absolute Gasteiger partial charge is 0.410 e. The van der Waals surface area contributed by atoms with Crippen LogP contribution in [0.25, 0.3) is 0 Å². The van der Waals surface area contributed by atoms with E-state index in [0.717, 1.165) is 32.5 Å². The van der Waals surface area contributed by atoms with Crippen LogP contribution < -0.4 is 5.32 Å². The molecule has 0 aliphatic carbocycles. The van der Waals surface area contributed by atoms with Crippen molar-refractivity contribution >= 4 is 6.09 Å². The molecule has 0 saturated carbocycles. The second kappa shape index (κ2) is 5.31.